The van der Waals surface area contributed by atoms with Crippen LogP contribution >= 0.6 is 11.6 Å². The van der Waals surface area contributed by atoms with Crippen molar-refractivity contribution in [3.63, 3.8) is 0 Å². The molecule has 4 nitrogen and oxygen atoms in total. The average Bonchev–Trinajstić information content (AvgIpc) is 3.01. The number of hydrogen-bond acceptors (Lipinski definition) is 3. The Morgan fingerprint density at radius 1 is 0.933 bits per heavy atom. The molecule has 1 fully saturated rings. The van der Waals surface area contributed by atoms with Gasteiger partial charge in [0.2, 0.25) is 0 Å². The molecular weight excluding hydrogens is 398 g/mol. The lowest BCUT2D eigenvalue weighted by Gasteiger charge is -2.25. The number of ketones is 1. The van der Waals surface area contributed by atoms with Crippen LogP contribution in [0.5, 0.6) is 0 Å². The number of aliphatic hydroxyl groups is 1. The Bertz CT molecular complexity index is 1180. The molecule has 1 heterocycles. The van der Waals surface area contributed by atoms with Gasteiger partial charge in [0.25, 0.3) is 11.7 Å². The molecular formula is C25H20ClNO3. The van der Waals surface area contributed by atoms with E-state index in [2.05, 4.69) is 0 Å². The van der Waals surface area contributed by atoms with Crippen molar-refractivity contribution in [3.8, 4) is 0 Å². The summed E-state index contributed by atoms with van der Waals surface area (Å²) in [5.74, 6) is -1.59. The molecule has 1 saturated heterocycles. The lowest BCUT2D eigenvalue weighted by molar-refractivity contribution is -0.132. The van der Waals surface area contributed by atoms with E-state index in [1.807, 2.05) is 62.4 Å². The van der Waals surface area contributed by atoms with E-state index in [-0.39, 0.29) is 11.3 Å². The molecule has 4 rings (SSSR count). The smallest absolute Gasteiger partial charge is 0.300 e. The summed E-state index contributed by atoms with van der Waals surface area (Å²) in [5, 5.41) is 11.7. The van der Waals surface area contributed by atoms with Crippen molar-refractivity contribution in [2.45, 2.75) is 19.9 Å². The minimum atomic E-state index is -0.760. The van der Waals surface area contributed by atoms with Crippen LogP contribution in [0.4, 0.5) is 5.69 Å². The van der Waals surface area contributed by atoms with Crippen molar-refractivity contribution in [3.05, 3.63) is 106 Å². The molecule has 1 aliphatic heterocycles. The van der Waals surface area contributed by atoms with Gasteiger partial charge in [-0.05, 0) is 49.2 Å². The second-order valence-corrected chi connectivity index (χ2v) is 7.81. The van der Waals surface area contributed by atoms with Crippen LogP contribution in [0.2, 0.25) is 5.02 Å². The van der Waals surface area contributed by atoms with Crippen LogP contribution in [-0.4, -0.2) is 16.8 Å². The van der Waals surface area contributed by atoms with Crippen LogP contribution in [0.3, 0.4) is 0 Å². The zero-order valence-electron chi connectivity index (χ0n) is 16.6. The molecule has 1 aliphatic rings. The van der Waals surface area contributed by atoms with Crippen LogP contribution in [0, 0.1) is 13.8 Å². The number of hydrogen-bond donors (Lipinski definition) is 1. The van der Waals surface area contributed by atoms with Gasteiger partial charge in [-0.2, -0.15) is 0 Å². The third-order valence-electron chi connectivity index (χ3n) is 5.29. The minimum absolute atomic E-state index is 0.0693. The van der Waals surface area contributed by atoms with Crippen LogP contribution in [0.1, 0.15) is 28.3 Å². The second kappa shape index (κ2) is 7.81. The van der Waals surface area contributed by atoms with Crippen LogP contribution in [0.25, 0.3) is 5.76 Å². The normalized spacial score (nSPS) is 18.1. The Morgan fingerprint density at radius 2 is 1.67 bits per heavy atom. The molecule has 5 heteroatoms. The van der Waals surface area contributed by atoms with E-state index in [9.17, 15) is 14.7 Å². The van der Waals surface area contributed by atoms with Gasteiger partial charge < -0.3 is 5.11 Å². The SMILES string of the molecule is Cc1ccc(C)c(/C(O)=C2\C(=O)C(=O)N(c3cccc(Cl)c3)C2c2ccccc2)c1. The molecule has 1 atom stereocenters. The number of rotatable bonds is 3. The third kappa shape index (κ3) is 3.40. The minimum Gasteiger partial charge on any atom is -0.507 e. The van der Waals surface area contributed by atoms with Crippen molar-refractivity contribution in [2.24, 2.45) is 0 Å². The van der Waals surface area contributed by atoms with Gasteiger partial charge in [-0.3, -0.25) is 14.5 Å². The van der Waals surface area contributed by atoms with Gasteiger partial charge in [0.05, 0.1) is 11.6 Å². The lowest BCUT2D eigenvalue weighted by atomic mass is 9.93. The van der Waals surface area contributed by atoms with E-state index in [4.69, 9.17) is 11.6 Å². The average molecular weight is 418 g/mol. The van der Waals surface area contributed by atoms with E-state index < -0.39 is 17.7 Å². The number of benzene rings is 3. The Labute approximate surface area is 180 Å². The second-order valence-electron chi connectivity index (χ2n) is 7.38. The molecule has 0 saturated carbocycles. The van der Waals surface area contributed by atoms with Gasteiger partial charge in [0, 0.05) is 16.3 Å². The molecule has 3 aromatic rings. The van der Waals surface area contributed by atoms with E-state index in [0.29, 0.717) is 16.3 Å². The van der Waals surface area contributed by atoms with Crippen LogP contribution < -0.4 is 4.90 Å². The van der Waals surface area contributed by atoms with E-state index in [1.165, 1.54) is 4.90 Å². The molecule has 0 aliphatic carbocycles. The lowest BCUT2D eigenvalue weighted by Crippen LogP contribution is -2.29. The van der Waals surface area contributed by atoms with Gasteiger partial charge in [0.15, 0.2) is 0 Å². The number of aryl methyl sites for hydroxylation is 2. The van der Waals surface area contributed by atoms with Crippen molar-refractivity contribution >= 4 is 34.7 Å². The first-order valence-corrected chi connectivity index (χ1v) is 9.95. The number of halogens is 1. The standard InChI is InChI=1S/C25H20ClNO3/c1-15-11-12-16(2)20(13-15)23(28)21-22(17-7-4-3-5-8-17)27(25(30)24(21)29)19-10-6-9-18(26)14-19/h3-14,22,28H,1-2H3/b23-21+. The van der Waals surface area contributed by atoms with Gasteiger partial charge in [-0.25, -0.2) is 0 Å². The molecule has 0 aromatic heterocycles. The number of Topliss-reactive ketones (excluding diaryl/α,β-unsaturated/α-hetero) is 1. The van der Waals surface area contributed by atoms with Crippen molar-refractivity contribution < 1.29 is 14.7 Å². The molecule has 0 spiro atoms. The number of amides is 1. The first-order valence-electron chi connectivity index (χ1n) is 9.57. The number of aliphatic hydroxyl groups excluding tert-OH is 1. The van der Waals surface area contributed by atoms with Crippen LogP contribution in [-0.2, 0) is 9.59 Å². The highest BCUT2D eigenvalue weighted by Crippen LogP contribution is 2.42. The van der Waals surface area contributed by atoms with Gasteiger partial charge >= 0.3 is 0 Å². The monoisotopic (exact) mass is 417 g/mol. The predicted octanol–water partition coefficient (Wildman–Crippen LogP) is 5.58. The summed E-state index contributed by atoms with van der Waals surface area (Å²) < 4.78 is 0. The Morgan fingerprint density at radius 3 is 2.37 bits per heavy atom. The summed E-state index contributed by atoms with van der Waals surface area (Å²) in [6.07, 6.45) is 0. The zero-order valence-corrected chi connectivity index (χ0v) is 17.4. The molecule has 0 radical (unpaired) electrons. The number of nitrogens with zero attached hydrogens (tertiary/aromatic N) is 1. The third-order valence-corrected chi connectivity index (χ3v) is 5.53. The molecule has 30 heavy (non-hydrogen) atoms. The topological polar surface area (TPSA) is 57.6 Å². The van der Waals surface area contributed by atoms with E-state index >= 15 is 0 Å². The molecule has 0 bridgehead atoms. The number of carbonyl (C=O) groups excluding carboxylic acids is 2. The highest BCUT2D eigenvalue weighted by molar-refractivity contribution is 6.51. The van der Waals surface area contributed by atoms with Crippen molar-refractivity contribution in [1.82, 2.24) is 0 Å². The first-order chi connectivity index (χ1) is 14.4. The Balaban J connectivity index is 1.98. The highest BCUT2D eigenvalue weighted by Gasteiger charge is 2.47. The molecule has 1 N–H and O–H groups in total. The van der Waals surface area contributed by atoms with E-state index in [1.54, 1.807) is 24.3 Å². The van der Waals surface area contributed by atoms with Gasteiger partial charge in [0.1, 0.15) is 5.76 Å². The summed E-state index contributed by atoms with van der Waals surface area (Å²) in [6.45, 7) is 3.77. The predicted molar refractivity (Wildman–Crippen MR) is 119 cm³/mol. The summed E-state index contributed by atoms with van der Waals surface area (Å²) in [7, 11) is 0. The summed E-state index contributed by atoms with van der Waals surface area (Å²) in [5.41, 5.74) is 3.60. The maximum atomic E-state index is 13.1. The molecule has 1 amide bonds. The fraction of sp³-hybridized carbons (Fsp3) is 0.120. The zero-order chi connectivity index (χ0) is 21.4. The largest absolute Gasteiger partial charge is 0.507 e. The summed E-state index contributed by atoms with van der Waals surface area (Å²) in [6, 6.07) is 20.9. The van der Waals surface area contributed by atoms with Crippen molar-refractivity contribution in [1.29, 1.82) is 0 Å². The van der Waals surface area contributed by atoms with E-state index in [0.717, 1.165) is 16.7 Å². The summed E-state index contributed by atoms with van der Waals surface area (Å²) >= 11 is 6.15. The molecule has 150 valence electrons. The first kappa shape index (κ1) is 19.9. The number of anilines is 1. The van der Waals surface area contributed by atoms with Gasteiger partial charge in [-0.1, -0.05) is 65.7 Å². The Hall–Kier alpha value is -3.37. The molecule has 1 unspecified atom stereocenters. The fourth-order valence-corrected chi connectivity index (χ4v) is 4.00. The Kier molecular flexibility index (Phi) is 5.18. The maximum absolute atomic E-state index is 13.1. The fourth-order valence-electron chi connectivity index (χ4n) is 3.81. The highest BCUT2D eigenvalue weighted by atomic mass is 35.5. The summed E-state index contributed by atoms with van der Waals surface area (Å²) in [4.78, 5) is 27.6. The van der Waals surface area contributed by atoms with Crippen LogP contribution in [0.15, 0.2) is 78.4 Å². The van der Waals surface area contributed by atoms with Gasteiger partial charge in [-0.15, -0.1) is 0 Å². The number of carbonyl (C=O) groups is 2. The molecule has 3 aromatic carbocycles. The maximum Gasteiger partial charge on any atom is 0.300 e. The quantitative estimate of drug-likeness (QED) is 0.343. The van der Waals surface area contributed by atoms with Crippen molar-refractivity contribution in [2.75, 3.05) is 4.90 Å².